The predicted molar refractivity (Wildman–Crippen MR) is 135 cm³/mol. The largest absolute Gasteiger partial charge is 0.455 e. The minimum absolute atomic E-state index is 0.286. The number of aryl methyl sites for hydroxylation is 2. The van der Waals surface area contributed by atoms with Gasteiger partial charge < -0.3 is 8.83 Å². The standard InChI is InChI=1S/C30H21FNO2/c1-16-14-22-18-8-4-6-10-24(18)33-30(22)26(17(16)2)28-21-15-23(31)27-20-9-5-7-11-25(20)34-29(27)19(21)12-13-32(28)3/h4-15H,1-3H3/q+1. The van der Waals surface area contributed by atoms with Crippen molar-refractivity contribution >= 4 is 54.6 Å². The van der Waals surface area contributed by atoms with Crippen LogP contribution in [-0.2, 0) is 7.05 Å². The fourth-order valence-electron chi connectivity index (χ4n) is 5.37. The number of benzene rings is 4. The fourth-order valence-corrected chi connectivity index (χ4v) is 5.37. The van der Waals surface area contributed by atoms with Crippen molar-refractivity contribution in [2.45, 2.75) is 13.8 Å². The van der Waals surface area contributed by atoms with Gasteiger partial charge in [-0.1, -0.05) is 36.4 Å². The zero-order valence-electron chi connectivity index (χ0n) is 19.1. The lowest BCUT2D eigenvalue weighted by Crippen LogP contribution is -2.31. The minimum atomic E-state index is -0.286. The Morgan fingerprint density at radius 2 is 1.38 bits per heavy atom. The summed E-state index contributed by atoms with van der Waals surface area (Å²) in [6.45, 7) is 4.22. The van der Waals surface area contributed by atoms with Gasteiger partial charge in [0.15, 0.2) is 6.20 Å². The quantitative estimate of drug-likeness (QED) is 0.240. The summed E-state index contributed by atoms with van der Waals surface area (Å²) in [5.74, 6) is -0.286. The van der Waals surface area contributed by atoms with E-state index in [1.807, 2.05) is 66.3 Å². The molecule has 0 radical (unpaired) electrons. The fraction of sp³-hybridized carbons (Fsp3) is 0.100. The number of para-hydroxylation sites is 2. The van der Waals surface area contributed by atoms with Crippen LogP contribution in [0.4, 0.5) is 4.39 Å². The van der Waals surface area contributed by atoms with Gasteiger partial charge in [0, 0.05) is 27.6 Å². The van der Waals surface area contributed by atoms with E-state index in [-0.39, 0.29) is 5.82 Å². The van der Waals surface area contributed by atoms with Crippen molar-refractivity contribution in [1.29, 1.82) is 0 Å². The van der Waals surface area contributed by atoms with Gasteiger partial charge in [-0.25, -0.2) is 8.96 Å². The molecule has 0 aliphatic rings. The van der Waals surface area contributed by atoms with Crippen molar-refractivity contribution in [3.8, 4) is 11.3 Å². The Morgan fingerprint density at radius 3 is 2.18 bits per heavy atom. The van der Waals surface area contributed by atoms with Crippen molar-refractivity contribution in [1.82, 2.24) is 0 Å². The van der Waals surface area contributed by atoms with Crippen LogP contribution in [0.3, 0.4) is 0 Å². The Balaban J connectivity index is 1.69. The maximum Gasteiger partial charge on any atom is 0.224 e. The van der Waals surface area contributed by atoms with Crippen LogP contribution in [-0.4, -0.2) is 0 Å². The van der Waals surface area contributed by atoms with Crippen molar-refractivity contribution in [3.63, 3.8) is 0 Å². The Kier molecular flexibility index (Phi) is 3.79. The molecule has 3 heterocycles. The molecule has 164 valence electrons. The van der Waals surface area contributed by atoms with Crippen LogP contribution in [0.1, 0.15) is 11.1 Å². The lowest BCUT2D eigenvalue weighted by Gasteiger charge is -2.11. The zero-order chi connectivity index (χ0) is 23.1. The lowest BCUT2D eigenvalue weighted by atomic mass is 9.93. The van der Waals surface area contributed by atoms with Gasteiger partial charge in [0.2, 0.25) is 5.69 Å². The Morgan fingerprint density at radius 1 is 0.706 bits per heavy atom. The monoisotopic (exact) mass is 446 g/mol. The Hall–Kier alpha value is -4.18. The van der Waals surface area contributed by atoms with Crippen molar-refractivity contribution in [2.24, 2.45) is 7.05 Å². The second-order valence-electron chi connectivity index (χ2n) is 9.07. The first kappa shape index (κ1) is 19.3. The molecule has 0 fully saturated rings. The third kappa shape index (κ3) is 2.43. The molecule has 0 N–H and O–H groups in total. The number of halogens is 1. The Bertz CT molecular complexity index is 1960. The third-order valence-corrected chi connectivity index (χ3v) is 7.14. The van der Waals surface area contributed by atoms with Gasteiger partial charge >= 0.3 is 0 Å². The predicted octanol–water partition coefficient (Wildman–Crippen LogP) is 7.89. The molecule has 0 bridgehead atoms. The highest BCUT2D eigenvalue weighted by Crippen LogP contribution is 2.43. The van der Waals surface area contributed by atoms with E-state index < -0.39 is 0 Å². The van der Waals surface area contributed by atoms with E-state index in [1.54, 1.807) is 6.07 Å². The zero-order valence-corrected chi connectivity index (χ0v) is 19.1. The first-order chi connectivity index (χ1) is 16.5. The second-order valence-corrected chi connectivity index (χ2v) is 9.07. The molecule has 3 aromatic heterocycles. The van der Waals surface area contributed by atoms with Crippen molar-refractivity contribution in [3.05, 3.63) is 89.9 Å². The van der Waals surface area contributed by atoms with Gasteiger partial charge in [0.1, 0.15) is 35.2 Å². The van der Waals surface area contributed by atoms with Crippen LogP contribution < -0.4 is 4.57 Å². The molecule has 0 saturated heterocycles. The van der Waals surface area contributed by atoms with E-state index in [0.717, 1.165) is 60.5 Å². The third-order valence-electron chi connectivity index (χ3n) is 7.14. The number of furan rings is 2. The first-order valence-corrected chi connectivity index (χ1v) is 11.4. The summed E-state index contributed by atoms with van der Waals surface area (Å²) in [5, 5.41) is 5.14. The summed E-state index contributed by atoms with van der Waals surface area (Å²) in [6, 6.07) is 21.5. The van der Waals surface area contributed by atoms with Crippen molar-refractivity contribution < 1.29 is 17.8 Å². The molecule has 7 aromatic rings. The van der Waals surface area contributed by atoms with Crippen LogP contribution >= 0.6 is 0 Å². The molecular weight excluding hydrogens is 425 g/mol. The first-order valence-electron chi connectivity index (χ1n) is 11.4. The van der Waals surface area contributed by atoms with Gasteiger partial charge in [0.25, 0.3) is 0 Å². The van der Waals surface area contributed by atoms with E-state index in [4.69, 9.17) is 8.83 Å². The highest BCUT2D eigenvalue weighted by atomic mass is 19.1. The molecular formula is C30H21FNO2+. The topological polar surface area (TPSA) is 30.2 Å². The molecule has 0 aliphatic heterocycles. The van der Waals surface area contributed by atoms with E-state index in [2.05, 4.69) is 26.0 Å². The molecule has 0 atom stereocenters. The number of rotatable bonds is 1. The number of nitrogens with zero attached hydrogens (tertiary/aromatic N) is 1. The van der Waals surface area contributed by atoms with Crippen LogP contribution in [0.5, 0.6) is 0 Å². The highest BCUT2D eigenvalue weighted by molar-refractivity contribution is 6.18. The number of fused-ring (bicyclic) bond motifs is 8. The van der Waals surface area contributed by atoms with E-state index >= 15 is 4.39 Å². The SMILES string of the molecule is Cc1cc2c(oc3ccccc32)c(-c2c3cc(F)c4c5ccccc5oc4c3cc[n+]2C)c1C. The minimum Gasteiger partial charge on any atom is -0.455 e. The number of hydrogen-bond donors (Lipinski definition) is 0. The number of aromatic nitrogens is 1. The normalized spacial score (nSPS) is 12.1. The van der Waals surface area contributed by atoms with E-state index in [1.165, 1.54) is 0 Å². The summed E-state index contributed by atoms with van der Waals surface area (Å²) in [7, 11) is 1.99. The van der Waals surface area contributed by atoms with Crippen molar-refractivity contribution in [2.75, 3.05) is 0 Å². The summed E-state index contributed by atoms with van der Waals surface area (Å²) >= 11 is 0. The molecule has 34 heavy (non-hydrogen) atoms. The molecule has 7 rings (SSSR count). The average molecular weight is 447 g/mol. The van der Waals surface area contributed by atoms with Crippen LogP contribution in [0, 0.1) is 19.7 Å². The Labute approximate surface area is 194 Å². The molecule has 3 nitrogen and oxygen atoms in total. The molecule has 0 aliphatic carbocycles. The summed E-state index contributed by atoms with van der Waals surface area (Å²) in [4.78, 5) is 0. The summed E-state index contributed by atoms with van der Waals surface area (Å²) in [5.41, 5.74) is 7.08. The number of hydrogen-bond acceptors (Lipinski definition) is 2. The van der Waals surface area contributed by atoms with Gasteiger partial charge in [-0.3, -0.25) is 0 Å². The van der Waals surface area contributed by atoms with Gasteiger partial charge in [-0.2, -0.15) is 0 Å². The maximum absolute atomic E-state index is 15.7. The second kappa shape index (κ2) is 6.67. The molecule has 4 heteroatoms. The van der Waals surface area contributed by atoms with Gasteiger partial charge in [-0.05, 0) is 49.2 Å². The smallest absolute Gasteiger partial charge is 0.224 e. The van der Waals surface area contributed by atoms with Crippen LogP contribution in [0.25, 0.3) is 65.9 Å². The summed E-state index contributed by atoms with van der Waals surface area (Å²) in [6.07, 6.45) is 2.01. The number of pyridine rings is 1. The molecule has 0 spiro atoms. The molecule has 0 saturated carbocycles. The lowest BCUT2D eigenvalue weighted by molar-refractivity contribution is -0.659. The summed E-state index contributed by atoms with van der Waals surface area (Å²) < 4.78 is 30.3. The highest BCUT2D eigenvalue weighted by Gasteiger charge is 2.27. The molecule has 4 aromatic carbocycles. The maximum atomic E-state index is 15.7. The molecule has 0 amide bonds. The van der Waals surface area contributed by atoms with Crippen LogP contribution in [0.15, 0.2) is 81.8 Å². The average Bonchev–Trinajstić information content (AvgIpc) is 3.40. The molecule has 0 unspecified atom stereocenters. The van der Waals surface area contributed by atoms with E-state index in [0.29, 0.717) is 16.6 Å². The van der Waals surface area contributed by atoms with Crippen LogP contribution in [0.2, 0.25) is 0 Å². The van der Waals surface area contributed by atoms with Gasteiger partial charge in [-0.15, -0.1) is 0 Å². The van der Waals surface area contributed by atoms with Gasteiger partial charge in [0.05, 0.1) is 16.3 Å². The van der Waals surface area contributed by atoms with E-state index in [9.17, 15) is 0 Å².